The van der Waals surface area contributed by atoms with Gasteiger partial charge in [0, 0.05) is 19.5 Å². The third-order valence-electron chi connectivity index (χ3n) is 2.48. The number of hydrogen-bond acceptors (Lipinski definition) is 7. The quantitative estimate of drug-likeness (QED) is 0.733. The Hall–Kier alpha value is -2.51. The van der Waals surface area contributed by atoms with Crippen LogP contribution in [0.25, 0.3) is 0 Å². The van der Waals surface area contributed by atoms with Crippen LogP contribution in [0.3, 0.4) is 0 Å². The Morgan fingerprint density at radius 3 is 2.95 bits per heavy atom. The van der Waals surface area contributed by atoms with E-state index in [9.17, 15) is 9.59 Å². The Morgan fingerprint density at radius 1 is 1.45 bits per heavy atom. The maximum Gasteiger partial charge on any atom is 0.359 e. The molecular formula is C12H14N4O4. The van der Waals surface area contributed by atoms with Gasteiger partial charge in [0.05, 0.1) is 0 Å². The van der Waals surface area contributed by atoms with Crippen LogP contribution in [-0.2, 0) is 24.8 Å². The lowest BCUT2D eigenvalue weighted by Crippen LogP contribution is -2.21. The van der Waals surface area contributed by atoms with E-state index in [0.29, 0.717) is 12.2 Å². The van der Waals surface area contributed by atoms with Crippen LogP contribution in [0.5, 0.6) is 0 Å². The maximum absolute atomic E-state index is 11.7. The molecule has 2 heterocycles. The Morgan fingerprint density at radius 2 is 2.25 bits per heavy atom. The molecule has 0 unspecified atom stereocenters. The minimum atomic E-state index is -0.657. The van der Waals surface area contributed by atoms with Gasteiger partial charge in [-0.15, -0.1) is 0 Å². The fourth-order valence-corrected chi connectivity index (χ4v) is 1.49. The van der Waals surface area contributed by atoms with Crippen LogP contribution in [0.2, 0.25) is 0 Å². The molecular weight excluding hydrogens is 264 g/mol. The van der Waals surface area contributed by atoms with E-state index in [4.69, 9.17) is 9.26 Å². The Balaban J connectivity index is 1.97. The van der Waals surface area contributed by atoms with Crippen molar-refractivity contribution in [1.29, 1.82) is 0 Å². The second-order valence-corrected chi connectivity index (χ2v) is 4.11. The van der Waals surface area contributed by atoms with Crippen molar-refractivity contribution >= 4 is 5.97 Å². The van der Waals surface area contributed by atoms with Gasteiger partial charge in [-0.05, 0) is 12.5 Å². The molecule has 0 spiro atoms. The first-order chi connectivity index (χ1) is 9.60. The van der Waals surface area contributed by atoms with Crippen LogP contribution in [0, 0.1) is 0 Å². The molecule has 0 aliphatic rings. The number of aryl methyl sites for hydroxylation is 2. The van der Waals surface area contributed by atoms with Gasteiger partial charge in [0.15, 0.2) is 18.1 Å². The lowest BCUT2D eigenvalue weighted by molar-refractivity contribution is 0.0420. The summed E-state index contributed by atoms with van der Waals surface area (Å²) in [6.45, 7) is 1.88. The van der Waals surface area contributed by atoms with Crippen LogP contribution in [0.15, 0.2) is 21.5 Å². The third kappa shape index (κ3) is 3.28. The van der Waals surface area contributed by atoms with Crippen LogP contribution in [-0.4, -0.2) is 25.9 Å². The van der Waals surface area contributed by atoms with E-state index in [1.165, 1.54) is 19.2 Å². The SMILES string of the molecule is CCCc1noc(COC(=O)c2ccc(=O)n(C)n2)n1. The summed E-state index contributed by atoms with van der Waals surface area (Å²) in [6, 6.07) is 2.55. The molecule has 20 heavy (non-hydrogen) atoms. The molecule has 0 radical (unpaired) electrons. The predicted octanol–water partition coefficient (Wildman–Crippen LogP) is 0.473. The Kier molecular flexibility index (Phi) is 4.24. The summed E-state index contributed by atoms with van der Waals surface area (Å²) in [5, 5.41) is 7.53. The van der Waals surface area contributed by atoms with Gasteiger partial charge in [-0.1, -0.05) is 12.1 Å². The molecule has 0 atom stereocenters. The van der Waals surface area contributed by atoms with E-state index in [1.54, 1.807) is 0 Å². The van der Waals surface area contributed by atoms with E-state index >= 15 is 0 Å². The van der Waals surface area contributed by atoms with Crippen LogP contribution in [0.1, 0.15) is 35.5 Å². The van der Waals surface area contributed by atoms with E-state index in [1.807, 2.05) is 6.92 Å². The van der Waals surface area contributed by atoms with Crippen LogP contribution in [0.4, 0.5) is 0 Å². The second-order valence-electron chi connectivity index (χ2n) is 4.11. The predicted molar refractivity (Wildman–Crippen MR) is 66.9 cm³/mol. The second kappa shape index (κ2) is 6.09. The van der Waals surface area contributed by atoms with Crippen molar-refractivity contribution in [3.05, 3.63) is 39.9 Å². The smallest absolute Gasteiger partial charge is 0.359 e. The fourth-order valence-electron chi connectivity index (χ4n) is 1.49. The van der Waals surface area contributed by atoms with Crippen molar-refractivity contribution < 1.29 is 14.1 Å². The lowest BCUT2D eigenvalue weighted by Gasteiger charge is -2.02. The standard InChI is InChI=1S/C12H14N4O4/c1-3-4-9-13-10(20-15-9)7-19-12(18)8-5-6-11(17)16(2)14-8/h5-6H,3-4,7H2,1-2H3. The van der Waals surface area contributed by atoms with Gasteiger partial charge >= 0.3 is 5.97 Å². The molecule has 2 rings (SSSR count). The van der Waals surface area contributed by atoms with Crippen molar-refractivity contribution in [3.63, 3.8) is 0 Å². The number of carbonyl (C=O) groups is 1. The number of rotatable bonds is 5. The first-order valence-corrected chi connectivity index (χ1v) is 6.13. The average molecular weight is 278 g/mol. The zero-order valence-electron chi connectivity index (χ0n) is 11.2. The van der Waals surface area contributed by atoms with E-state index in [0.717, 1.165) is 11.1 Å². The summed E-state index contributed by atoms with van der Waals surface area (Å²) < 4.78 is 11.0. The molecule has 0 fully saturated rings. The van der Waals surface area contributed by atoms with E-state index in [-0.39, 0.29) is 23.8 Å². The van der Waals surface area contributed by atoms with Crippen molar-refractivity contribution in [3.8, 4) is 0 Å². The number of aromatic nitrogens is 4. The number of nitrogens with zero attached hydrogens (tertiary/aromatic N) is 4. The topological polar surface area (TPSA) is 100 Å². The molecule has 0 aliphatic carbocycles. The first-order valence-electron chi connectivity index (χ1n) is 6.13. The average Bonchev–Trinajstić information content (AvgIpc) is 2.87. The van der Waals surface area contributed by atoms with Crippen molar-refractivity contribution in [2.45, 2.75) is 26.4 Å². The fraction of sp³-hybridized carbons (Fsp3) is 0.417. The van der Waals surface area contributed by atoms with Gasteiger partial charge in [0.1, 0.15) is 0 Å². The normalized spacial score (nSPS) is 10.5. The zero-order valence-corrected chi connectivity index (χ0v) is 11.2. The van der Waals surface area contributed by atoms with E-state index < -0.39 is 5.97 Å². The zero-order chi connectivity index (χ0) is 14.5. The van der Waals surface area contributed by atoms with Crippen LogP contribution >= 0.6 is 0 Å². The highest BCUT2D eigenvalue weighted by Crippen LogP contribution is 2.03. The third-order valence-corrected chi connectivity index (χ3v) is 2.48. The highest BCUT2D eigenvalue weighted by molar-refractivity contribution is 5.86. The minimum absolute atomic E-state index is 0.0420. The highest BCUT2D eigenvalue weighted by Gasteiger charge is 2.13. The summed E-state index contributed by atoms with van der Waals surface area (Å²) in [6.07, 6.45) is 1.61. The van der Waals surface area contributed by atoms with Crippen molar-refractivity contribution in [2.75, 3.05) is 0 Å². The van der Waals surface area contributed by atoms with Crippen molar-refractivity contribution in [1.82, 2.24) is 19.9 Å². The molecule has 0 aromatic carbocycles. The Labute approximate surface area is 114 Å². The monoisotopic (exact) mass is 278 g/mol. The first kappa shape index (κ1) is 13.9. The molecule has 2 aromatic heterocycles. The van der Waals surface area contributed by atoms with Gasteiger partial charge in [-0.25, -0.2) is 9.48 Å². The van der Waals surface area contributed by atoms with Gasteiger partial charge in [-0.3, -0.25) is 4.79 Å². The molecule has 8 nitrogen and oxygen atoms in total. The molecule has 0 N–H and O–H groups in total. The van der Waals surface area contributed by atoms with Gasteiger partial charge in [0.25, 0.3) is 11.4 Å². The molecule has 0 bridgehead atoms. The molecule has 0 amide bonds. The number of esters is 1. The number of carbonyl (C=O) groups excluding carboxylic acids is 1. The Bertz CT molecular complexity index is 661. The molecule has 0 saturated carbocycles. The summed E-state index contributed by atoms with van der Waals surface area (Å²) >= 11 is 0. The van der Waals surface area contributed by atoms with Crippen LogP contribution < -0.4 is 5.56 Å². The lowest BCUT2D eigenvalue weighted by atomic mass is 10.3. The largest absolute Gasteiger partial charge is 0.451 e. The highest BCUT2D eigenvalue weighted by atomic mass is 16.6. The molecule has 8 heteroatoms. The number of ether oxygens (including phenoxy) is 1. The summed E-state index contributed by atoms with van der Waals surface area (Å²) in [7, 11) is 1.45. The summed E-state index contributed by atoms with van der Waals surface area (Å²) in [5.41, 5.74) is -0.261. The molecule has 106 valence electrons. The van der Waals surface area contributed by atoms with Crippen molar-refractivity contribution in [2.24, 2.45) is 7.05 Å². The molecule has 0 aliphatic heterocycles. The van der Waals surface area contributed by atoms with Gasteiger partial charge in [0.2, 0.25) is 0 Å². The number of hydrogen-bond donors (Lipinski definition) is 0. The minimum Gasteiger partial charge on any atom is -0.451 e. The maximum atomic E-state index is 11.7. The summed E-state index contributed by atoms with van der Waals surface area (Å²) in [5.74, 6) is 0.154. The molecule has 2 aromatic rings. The molecule has 0 saturated heterocycles. The van der Waals surface area contributed by atoms with Gasteiger partial charge < -0.3 is 9.26 Å². The summed E-state index contributed by atoms with van der Waals surface area (Å²) in [4.78, 5) is 26.9. The van der Waals surface area contributed by atoms with Gasteiger partial charge in [-0.2, -0.15) is 10.1 Å². The van der Waals surface area contributed by atoms with E-state index in [2.05, 4.69) is 15.2 Å².